The smallest absolute Gasteiger partial charge is 0.251 e. The molecule has 0 aromatic heterocycles. The zero-order valence-electron chi connectivity index (χ0n) is 12.0. The molecule has 0 aliphatic carbocycles. The first-order valence-electron chi connectivity index (χ1n) is 6.93. The molecule has 0 saturated carbocycles. The van der Waals surface area contributed by atoms with Gasteiger partial charge < -0.3 is 24.4 Å². The maximum Gasteiger partial charge on any atom is 0.251 e. The Kier molecular flexibility index (Phi) is 8.73. The van der Waals surface area contributed by atoms with Crippen LogP contribution in [0.3, 0.4) is 0 Å². The molecular formula is C13H26N2O4. The van der Waals surface area contributed by atoms with E-state index in [2.05, 4.69) is 5.32 Å². The second-order valence-electron chi connectivity index (χ2n) is 4.55. The number of piperazine rings is 1. The van der Waals surface area contributed by atoms with Crippen molar-refractivity contribution in [1.29, 1.82) is 0 Å². The number of nitrogens with one attached hydrogen (secondary N) is 1. The van der Waals surface area contributed by atoms with Crippen molar-refractivity contribution in [3.8, 4) is 0 Å². The van der Waals surface area contributed by atoms with Crippen molar-refractivity contribution in [3.63, 3.8) is 0 Å². The Labute approximate surface area is 115 Å². The number of hydrogen-bond acceptors (Lipinski definition) is 5. The molecule has 0 aromatic rings. The summed E-state index contributed by atoms with van der Waals surface area (Å²) in [5.74, 6) is 0.0703. The van der Waals surface area contributed by atoms with Crippen LogP contribution in [0.1, 0.15) is 13.3 Å². The number of carbonyl (C=O) groups excluding carboxylic acids is 1. The third-order valence-corrected chi connectivity index (χ3v) is 3.01. The van der Waals surface area contributed by atoms with Crippen molar-refractivity contribution in [1.82, 2.24) is 10.2 Å². The summed E-state index contributed by atoms with van der Waals surface area (Å²) in [6, 6.07) is 0. The zero-order chi connectivity index (χ0) is 13.9. The van der Waals surface area contributed by atoms with Crippen LogP contribution in [0, 0.1) is 0 Å². The molecule has 0 aromatic carbocycles. The number of amides is 1. The molecule has 6 heteroatoms. The van der Waals surface area contributed by atoms with Crippen LogP contribution in [0.15, 0.2) is 0 Å². The Balaban J connectivity index is 2.03. The van der Waals surface area contributed by atoms with E-state index >= 15 is 0 Å². The van der Waals surface area contributed by atoms with Crippen molar-refractivity contribution in [2.45, 2.75) is 19.4 Å². The van der Waals surface area contributed by atoms with Crippen molar-refractivity contribution >= 4 is 5.91 Å². The van der Waals surface area contributed by atoms with E-state index in [1.165, 1.54) is 0 Å². The van der Waals surface area contributed by atoms with E-state index in [9.17, 15) is 4.79 Å². The van der Waals surface area contributed by atoms with Crippen molar-refractivity contribution in [2.75, 3.05) is 59.7 Å². The van der Waals surface area contributed by atoms with Gasteiger partial charge in [0.2, 0.25) is 0 Å². The first kappa shape index (κ1) is 16.4. The maximum absolute atomic E-state index is 12.0. The highest BCUT2D eigenvalue weighted by Gasteiger charge is 2.22. The lowest BCUT2D eigenvalue weighted by Crippen LogP contribution is -2.49. The predicted molar refractivity (Wildman–Crippen MR) is 72.2 cm³/mol. The van der Waals surface area contributed by atoms with E-state index in [-0.39, 0.29) is 12.0 Å². The molecule has 1 N–H and O–H groups in total. The highest BCUT2D eigenvalue weighted by Crippen LogP contribution is 2.01. The minimum Gasteiger partial charge on any atom is -0.385 e. The van der Waals surface area contributed by atoms with Gasteiger partial charge >= 0.3 is 0 Å². The monoisotopic (exact) mass is 274 g/mol. The number of nitrogens with zero attached hydrogens (tertiary/aromatic N) is 1. The Morgan fingerprint density at radius 1 is 1.21 bits per heavy atom. The van der Waals surface area contributed by atoms with Gasteiger partial charge in [0.25, 0.3) is 5.91 Å². The summed E-state index contributed by atoms with van der Waals surface area (Å²) in [5, 5.41) is 3.22. The third kappa shape index (κ3) is 6.87. The van der Waals surface area contributed by atoms with Gasteiger partial charge in [0, 0.05) is 46.5 Å². The summed E-state index contributed by atoms with van der Waals surface area (Å²) >= 11 is 0. The van der Waals surface area contributed by atoms with Gasteiger partial charge in [-0.3, -0.25) is 4.79 Å². The van der Waals surface area contributed by atoms with Crippen LogP contribution in [-0.4, -0.2) is 76.6 Å². The molecular weight excluding hydrogens is 248 g/mol. The molecule has 1 amide bonds. The number of carbonyl (C=O) groups is 1. The van der Waals surface area contributed by atoms with Crippen LogP contribution in [0.25, 0.3) is 0 Å². The minimum absolute atomic E-state index is 0.0703. The Morgan fingerprint density at radius 3 is 2.63 bits per heavy atom. The molecule has 1 atom stereocenters. The van der Waals surface area contributed by atoms with Gasteiger partial charge in [0.15, 0.2) is 0 Å². The average Bonchev–Trinajstić information content (AvgIpc) is 2.46. The molecule has 1 aliphatic heterocycles. The van der Waals surface area contributed by atoms with Gasteiger partial charge in [-0.2, -0.15) is 0 Å². The average molecular weight is 274 g/mol. The second-order valence-corrected chi connectivity index (χ2v) is 4.55. The SMILES string of the molecule is COCCCOCCOC(C)C(=O)N1CCNCC1. The van der Waals surface area contributed by atoms with E-state index < -0.39 is 0 Å². The van der Waals surface area contributed by atoms with Crippen LogP contribution in [-0.2, 0) is 19.0 Å². The highest BCUT2D eigenvalue weighted by molar-refractivity contribution is 5.80. The Bertz CT molecular complexity index is 245. The molecule has 1 rings (SSSR count). The molecule has 1 aliphatic rings. The van der Waals surface area contributed by atoms with Crippen molar-refractivity contribution in [3.05, 3.63) is 0 Å². The third-order valence-electron chi connectivity index (χ3n) is 3.01. The van der Waals surface area contributed by atoms with Gasteiger partial charge in [0.1, 0.15) is 6.10 Å². The molecule has 19 heavy (non-hydrogen) atoms. The fourth-order valence-electron chi connectivity index (χ4n) is 1.90. The summed E-state index contributed by atoms with van der Waals surface area (Å²) < 4.78 is 15.8. The quantitative estimate of drug-likeness (QED) is 0.594. The molecule has 0 spiro atoms. The summed E-state index contributed by atoms with van der Waals surface area (Å²) in [7, 11) is 1.67. The van der Waals surface area contributed by atoms with Gasteiger partial charge in [-0.05, 0) is 13.3 Å². The zero-order valence-corrected chi connectivity index (χ0v) is 12.0. The Morgan fingerprint density at radius 2 is 1.95 bits per heavy atom. The largest absolute Gasteiger partial charge is 0.385 e. The molecule has 1 unspecified atom stereocenters. The summed E-state index contributed by atoms with van der Waals surface area (Å²) in [5.41, 5.74) is 0. The predicted octanol–water partition coefficient (Wildman–Crippen LogP) is -0.124. The molecule has 1 saturated heterocycles. The van der Waals surface area contributed by atoms with Gasteiger partial charge in [-0.1, -0.05) is 0 Å². The molecule has 0 radical (unpaired) electrons. The van der Waals surface area contributed by atoms with Crippen LogP contribution in [0.2, 0.25) is 0 Å². The topological polar surface area (TPSA) is 60.0 Å². The van der Waals surface area contributed by atoms with Gasteiger partial charge in [0.05, 0.1) is 13.2 Å². The maximum atomic E-state index is 12.0. The molecule has 6 nitrogen and oxygen atoms in total. The Hall–Kier alpha value is -0.690. The fraction of sp³-hybridized carbons (Fsp3) is 0.923. The summed E-state index contributed by atoms with van der Waals surface area (Å²) in [6.45, 7) is 7.39. The lowest BCUT2D eigenvalue weighted by molar-refractivity contribution is -0.144. The highest BCUT2D eigenvalue weighted by atomic mass is 16.5. The molecule has 0 bridgehead atoms. The molecule has 112 valence electrons. The van der Waals surface area contributed by atoms with Crippen LogP contribution >= 0.6 is 0 Å². The first-order valence-corrected chi connectivity index (χ1v) is 6.93. The van der Waals surface area contributed by atoms with E-state index in [1.807, 2.05) is 4.90 Å². The van der Waals surface area contributed by atoms with E-state index in [1.54, 1.807) is 14.0 Å². The van der Waals surface area contributed by atoms with Gasteiger partial charge in [-0.15, -0.1) is 0 Å². The number of rotatable bonds is 9. The molecule has 1 heterocycles. The van der Waals surface area contributed by atoms with Gasteiger partial charge in [-0.25, -0.2) is 0 Å². The van der Waals surface area contributed by atoms with Crippen LogP contribution in [0.4, 0.5) is 0 Å². The minimum atomic E-state index is -0.388. The van der Waals surface area contributed by atoms with Crippen molar-refractivity contribution < 1.29 is 19.0 Å². The van der Waals surface area contributed by atoms with Crippen LogP contribution < -0.4 is 5.32 Å². The van der Waals surface area contributed by atoms with E-state index in [0.717, 1.165) is 32.6 Å². The molecule has 1 fully saturated rings. The standard InChI is InChI=1S/C13H26N2O4/c1-12(13(16)15-6-4-14-5-7-15)19-11-10-18-9-3-8-17-2/h12,14H,3-11H2,1-2H3. The summed E-state index contributed by atoms with van der Waals surface area (Å²) in [6.07, 6.45) is 0.492. The summed E-state index contributed by atoms with van der Waals surface area (Å²) in [4.78, 5) is 13.9. The van der Waals surface area contributed by atoms with Crippen LogP contribution in [0.5, 0.6) is 0 Å². The fourth-order valence-corrected chi connectivity index (χ4v) is 1.90. The number of hydrogen-bond donors (Lipinski definition) is 1. The number of ether oxygens (including phenoxy) is 3. The first-order chi connectivity index (χ1) is 9.25. The lowest BCUT2D eigenvalue weighted by Gasteiger charge is -2.29. The van der Waals surface area contributed by atoms with Crippen molar-refractivity contribution in [2.24, 2.45) is 0 Å². The van der Waals surface area contributed by atoms with E-state index in [0.29, 0.717) is 26.4 Å². The normalized spacial score (nSPS) is 17.5. The lowest BCUT2D eigenvalue weighted by atomic mass is 10.3. The second kappa shape index (κ2) is 10.1. The number of methoxy groups -OCH3 is 1. The van der Waals surface area contributed by atoms with E-state index in [4.69, 9.17) is 14.2 Å².